The molecule has 3 rings (SSSR count). The molecular weight excluding hydrogens is 340 g/mol. The number of aryl methyl sites for hydroxylation is 1. The minimum atomic E-state index is 0.0213. The molecule has 0 bridgehead atoms. The summed E-state index contributed by atoms with van der Waals surface area (Å²) in [5.41, 5.74) is 2.61. The highest BCUT2D eigenvalue weighted by Crippen LogP contribution is 2.28. The Morgan fingerprint density at radius 3 is 1.73 bits per heavy atom. The van der Waals surface area contributed by atoms with Gasteiger partial charge in [-0.05, 0) is 81.4 Å². The van der Waals surface area contributed by atoms with E-state index in [9.17, 15) is 4.79 Å². The quantitative estimate of drug-likeness (QED) is 0.491. The summed E-state index contributed by atoms with van der Waals surface area (Å²) in [6, 6.07) is 23.5. The van der Waals surface area contributed by atoms with Crippen molar-refractivity contribution in [3.63, 3.8) is 0 Å². The molecule has 0 saturated heterocycles. The molecule has 3 aromatic carbocycles. The van der Waals surface area contributed by atoms with Crippen molar-refractivity contribution in [1.82, 2.24) is 0 Å². The van der Waals surface area contributed by atoms with Crippen molar-refractivity contribution in [2.24, 2.45) is 0 Å². The molecule has 2 nitrogen and oxygen atoms in total. The van der Waals surface area contributed by atoms with Crippen molar-refractivity contribution in [3.05, 3.63) is 89.5 Å². The molecular formula is C23H22O2S. The fraction of sp³-hybridized carbons (Fsp3) is 0.174. The van der Waals surface area contributed by atoms with Crippen LogP contribution in [0.5, 0.6) is 5.75 Å². The Kier molecular flexibility index (Phi) is 5.79. The van der Waals surface area contributed by atoms with Crippen molar-refractivity contribution in [2.45, 2.75) is 36.7 Å². The zero-order valence-electron chi connectivity index (χ0n) is 15.2. The summed E-state index contributed by atoms with van der Waals surface area (Å²) in [7, 11) is 0. The Hall–Kier alpha value is -2.52. The molecule has 26 heavy (non-hydrogen) atoms. The van der Waals surface area contributed by atoms with Gasteiger partial charge in [0.2, 0.25) is 0 Å². The van der Waals surface area contributed by atoms with Crippen LogP contribution in [0.1, 0.15) is 35.3 Å². The summed E-state index contributed by atoms with van der Waals surface area (Å²) in [6.07, 6.45) is 0.120. The van der Waals surface area contributed by atoms with Gasteiger partial charge < -0.3 is 4.74 Å². The van der Waals surface area contributed by atoms with Gasteiger partial charge in [-0.2, -0.15) is 0 Å². The summed E-state index contributed by atoms with van der Waals surface area (Å²) < 4.78 is 5.62. The molecule has 0 N–H and O–H groups in total. The Morgan fingerprint density at radius 2 is 1.23 bits per heavy atom. The van der Waals surface area contributed by atoms with Gasteiger partial charge in [0.05, 0.1) is 6.10 Å². The molecule has 0 heterocycles. The molecule has 0 fully saturated rings. The van der Waals surface area contributed by atoms with E-state index >= 15 is 0 Å². The number of carbonyl (C=O) groups is 1. The van der Waals surface area contributed by atoms with Crippen LogP contribution in [0.25, 0.3) is 0 Å². The Balaban J connectivity index is 1.69. The fourth-order valence-electron chi connectivity index (χ4n) is 2.54. The molecule has 0 radical (unpaired) electrons. The van der Waals surface area contributed by atoms with Crippen molar-refractivity contribution in [1.29, 1.82) is 0 Å². The second-order valence-electron chi connectivity index (χ2n) is 6.46. The lowest BCUT2D eigenvalue weighted by atomic mass is 10.0. The molecule has 0 aliphatic heterocycles. The van der Waals surface area contributed by atoms with Crippen molar-refractivity contribution in [2.75, 3.05) is 0 Å². The number of rotatable bonds is 6. The van der Waals surface area contributed by atoms with E-state index in [1.807, 2.05) is 62.4 Å². The van der Waals surface area contributed by atoms with Gasteiger partial charge in [-0.15, -0.1) is 0 Å². The molecule has 0 spiro atoms. The third-order valence-electron chi connectivity index (χ3n) is 3.86. The van der Waals surface area contributed by atoms with E-state index in [0.29, 0.717) is 11.1 Å². The summed E-state index contributed by atoms with van der Waals surface area (Å²) in [5.74, 6) is 0.800. The van der Waals surface area contributed by atoms with Crippen LogP contribution in [0, 0.1) is 6.92 Å². The molecule has 0 unspecified atom stereocenters. The molecule has 3 heteroatoms. The van der Waals surface area contributed by atoms with E-state index in [-0.39, 0.29) is 11.9 Å². The highest BCUT2D eigenvalue weighted by Gasteiger charge is 2.10. The summed E-state index contributed by atoms with van der Waals surface area (Å²) >= 11 is 1.69. The van der Waals surface area contributed by atoms with Crippen LogP contribution in [-0.2, 0) is 0 Å². The molecule has 0 atom stereocenters. The largest absolute Gasteiger partial charge is 0.491 e. The van der Waals surface area contributed by atoms with Gasteiger partial charge in [-0.25, -0.2) is 0 Å². The first-order chi connectivity index (χ1) is 12.5. The first-order valence-corrected chi connectivity index (χ1v) is 9.49. The molecule has 0 aliphatic rings. The highest BCUT2D eigenvalue weighted by atomic mass is 32.2. The van der Waals surface area contributed by atoms with Crippen LogP contribution in [0.3, 0.4) is 0 Å². The molecule has 3 aromatic rings. The molecule has 0 saturated carbocycles. The van der Waals surface area contributed by atoms with Gasteiger partial charge >= 0.3 is 0 Å². The minimum Gasteiger partial charge on any atom is -0.491 e. The number of benzene rings is 3. The predicted octanol–water partition coefficient (Wildman–Crippen LogP) is 6.16. The average Bonchev–Trinajstić information content (AvgIpc) is 2.64. The zero-order valence-corrected chi connectivity index (χ0v) is 16.0. The monoisotopic (exact) mass is 362 g/mol. The molecule has 0 amide bonds. The number of ketones is 1. The Bertz CT molecular complexity index is 864. The topological polar surface area (TPSA) is 26.3 Å². The number of hydrogen-bond acceptors (Lipinski definition) is 3. The van der Waals surface area contributed by atoms with Crippen LogP contribution < -0.4 is 4.74 Å². The number of ether oxygens (including phenoxy) is 1. The Labute approximate surface area is 159 Å². The normalized spacial score (nSPS) is 10.8. The van der Waals surface area contributed by atoms with E-state index in [2.05, 4.69) is 31.2 Å². The lowest BCUT2D eigenvalue weighted by molar-refractivity contribution is 0.103. The maximum Gasteiger partial charge on any atom is 0.193 e. The standard InChI is InChI=1S/C23H22O2S/c1-16(2)25-20-10-6-18(7-11-20)23(24)19-8-14-22(15-9-19)26-21-12-4-17(3)5-13-21/h4-16H,1-3H3. The highest BCUT2D eigenvalue weighted by molar-refractivity contribution is 7.99. The van der Waals surface area contributed by atoms with Crippen molar-refractivity contribution < 1.29 is 9.53 Å². The van der Waals surface area contributed by atoms with E-state index in [1.54, 1.807) is 11.8 Å². The predicted molar refractivity (Wildman–Crippen MR) is 107 cm³/mol. The summed E-state index contributed by atoms with van der Waals surface area (Å²) in [5, 5.41) is 0. The lowest BCUT2D eigenvalue weighted by Gasteiger charge is -2.10. The van der Waals surface area contributed by atoms with E-state index in [4.69, 9.17) is 4.74 Å². The van der Waals surface area contributed by atoms with E-state index in [0.717, 1.165) is 10.6 Å². The van der Waals surface area contributed by atoms with Crippen LogP contribution in [0.4, 0.5) is 0 Å². The second-order valence-corrected chi connectivity index (χ2v) is 7.61. The van der Waals surface area contributed by atoms with Gasteiger partial charge in [-0.3, -0.25) is 4.79 Å². The van der Waals surface area contributed by atoms with Gasteiger partial charge in [0.25, 0.3) is 0 Å². The molecule has 132 valence electrons. The van der Waals surface area contributed by atoms with Gasteiger partial charge in [0, 0.05) is 20.9 Å². The minimum absolute atomic E-state index is 0.0213. The van der Waals surface area contributed by atoms with Crippen LogP contribution >= 0.6 is 11.8 Å². The van der Waals surface area contributed by atoms with Gasteiger partial charge in [0.15, 0.2) is 5.78 Å². The van der Waals surface area contributed by atoms with Crippen LogP contribution in [-0.4, -0.2) is 11.9 Å². The first kappa shape index (κ1) is 18.3. The van der Waals surface area contributed by atoms with Crippen molar-refractivity contribution in [3.8, 4) is 5.75 Å². The number of hydrogen-bond donors (Lipinski definition) is 0. The summed E-state index contributed by atoms with van der Waals surface area (Å²) in [6.45, 7) is 6.04. The van der Waals surface area contributed by atoms with E-state index < -0.39 is 0 Å². The third-order valence-corrected chi connectivity index (χ3v) is 4.88. The maximum atomic E-state index is 12.6. The zero-order chi connectivity index (χ0) is 18.5. The Morgan fingerprint density at radius 1 is 0.769 bits per heavy atom. The third kappa shape index (κ3) is 4.77. The van der Waals surface area contributed by atoms with E-state index in [1.165, 1.54) is 10.5 Å². The second kappa shape index (κ2) is 8.24. The van der Waals surface area contributed by atoms with Crippen molar-refractivity contribution >= 4 is 17.5 Å². The van der Waals surface area contributed by atoms with Crippen LogP contribution in [0.15, 0.2) is 82.6 Å². The average molecular weight is 362 g/mol. The number of carbonyl (C=O) groups excluding carboxylic acids is 1. The molecule has 0 aromatic heterocycles. The van der Waals surface area contributed by atoms with Gasteiger partial charge in [-0.1, -0.05) is 29.5 Å². The van der Waals surface area contributed by atoms with Gasteiger partial charge in [0.1, 0.15) is 5.75 Å². The maximum absolute atomic E-state index is 12.6. The first-order valence-electron chi connectivity index (χ1n) is 8.67. The molecule has 0 aliphatic carbocycles. The lowest BCUT2D eigenvalue weighted by Crippen LogP contribution is -2.06. The smallest absolute Gasteiger partial charge is 0.193 e. The SMILES string of the molecule is Cc1ccc(Sc2ccc(C(=O)c3ccc(OC(C)C)cc3)cc2)cc1. The fourth-order valence-corrected chi connectivity index (χ4v) is 3.36. The summed E-state index contributed by atoms with van der Waals surface area (Å²) in [4.78, 5) is 14.9. The van der Waals surface area contributed by atoms with Crippen LogP contribution in [0.2, 0.25) is 0 Å².